The first-order chi connectivity index (χ1) is 9.95. The van der Waals surface area contributed by atoms with E-state index < -0.39 is 0 Å². The molecule has 3 heterocycles. The zero-order valence-electron chi connectivity index (χ0n) is 12.5. The average molecular weight is 285 g/mol. The van der Waals surface area contributed by atoms with Crippen molar-refractivity contribution in [1.82, 2.24) is 20.3 Å². The van der Waals surface area contributed by atoms with Crippen LogP contribution in [0.15, 0.2) is 24.7 Å². The number of nitrogens with one attached hydrogen (secondary N) is 1. The highest BCUT2D eigenvalue weighted by atomic mass is 16.2. The van der Waals surface area contributed by atoms with E-state index >= 15 is 0 Å². The lowest BCUT2D eigenvalue weighted by Crippen LogP contribution is -2.61. The highest BCUT2D eigenvalue weighted by Crippen LogP contribution is 2.25. The number of hydrogen-bond donors (Lipinski definition) is 1. The maximum absolute atomic E-state index is 12.0. The maximum atomic E-state index is 12.0. The van der Waals surface area contributed by atoms with Gasteiger partial charge in [-0.05, 0) is 12.1 Å². The van der Waals surface area contributed by atoms with E-state index in [0.717, 1.165) is 24.3 Å². The number of nitrogens with zero attached hydrogens (tertiary/aromatic N) is 4. The molecule has 1 saturated heterocycles. The number of hydrogen-bond acceptors (Lipinski definition) is 5. The SMILES string of the molecule is CC(C)(C)C(=O)NC1CN(c2ncnc3ncccc23)C1. The van der Waals surface area contributed by atoms with Crippen LogP contribution in [-0.2, 0) is 4.79 Å². The third-order valence-electron chi connectivity index (χ3n) is 3.59. The van der Waals surface area contributed by atoms with E-state index in [1.165, 1.54) is 6.33 Å². The summed E-state index contributed by atoms with van der Waals surface area (Å²) in [5, 5.41) is 4.01. The van der Waals surface area contributed by atoms with Crippen LogP contribution in [0.1, 0.15) is 20.8 Å². The summed E-state index contributed by atoms with van der Waals surface area (Å²) < 4.78 is 0. The molecule has 2 aromatic heterocycles. The lowest BCUT2D eigenvalue weighted by atomic mass is 9.94. The predicted molar refractivity (Wildman–Crippen MR) is 80.9 cm³/mol. The van der Waals surface area contributed by atoms with Crippen LogP contribution in [0.25, 0.3) is 11.0 Å². The van der Waals surface area contributed by atoms with Gasteiger partial charge >= 0.3 is 0 Å². The molecule has 1 aliphatic heterocycles. The number of fused-ring (bicyclic) bond motifs is 1. The Labute approximate surface area is 123 Å². The monoisotopic (exact) mass is 285 g/mol. The highest BCUT2D eigenvalue weighted by molar-refractivity contribution is 5.87. The van der Waals surface area contributed by atoms with Gasteiger partial charge in [-0.25, -0.2) is 15.0 Å². The van der Waals surface area contributed by atoms with E-state index in [9.17, 15) is 4.79 Å². The second-order valence-electron chi connectivity index (χ2n) is 6.40. The molecule has 1 fully saturated rings. The van der Waals surface area contributed by atoms with Crippen molar-refractivity contribution in [2.75, 3.05) is 18.0 Å². The van der Waals surface area contributed by atoms with Crippen LogP contribution in [-0.4, -0.2) is 40.0 Å². The van der Waals surface area contributed by atoms with Gasteiger partial charge in [-0.1, -0.05) is 20.8 Å². The number of amides is 1. The molecule has 0 saturated carbocycles. The number of carbonyl (C=O) groups excluding carboxylic acids is 1. The molecule has 0 radical (unpaired) electrons. The summed E-state index contributed by atoms with van der Waals surface area (Å²) in [7, 11) is 0. The Bertz CT molecular complexity index is 668. The van der Waals surface area contributed by atoms with Gasteiger partial charge in [0.2, 0.25) is 5.91 Å². The first-order valence-corrected chi connectivity index (χ1v) is 7.07. The van der Waals surface area contributed by atoms with Crippen LogP contribution >= 0.6 is 0 Å². The molecule has 1 amide bonds. The number of anilines is 1. The first kappa shape index (κ1) is 13.7. The smallest absolute Gasteiger partial charge is 0.225 e. The minimum Gasteiger partial charge on any atom is -0.352 e. The Balaban J connectivity index is 1.70. The van der Waals surface area contributed by atoms with E-state index in [2.05, 4.69) is 25.2 Å². The van der Waals surface area contributed by atoms with Gasteiger partial charge in [0.25, 0.3) is 0 Å². The van der Waals surface area contributed by atoms with Gasteiger partial charge in [-0.2, -0.15) is 0 Å². The number of carbonyl (C=O) groups is 1. The van der Waals surface area contributed by atoms with Crippen molar-refractivity contribution >= 4 is 22.8 Å². The average Bonchev–Trinajstić information content (AvgIpc) is 2.40. The molecule has 0 aliphatic carbocycles. The second-order valence-corrected chi connectivity index (χ2v) is 6.40. The van der Waals surface area contributed by atoms with Crippen LogP contribution < -0.4 is 10.2 Å². The van der Waals surface area contributed by atoms with Gasteiger partial charge in [-0.15, -0.1) is 0 Å². The first-order valence-electron chi connectivity index (χ1n) is 7.07. The van der Waals surface area contributed by atoms with Crippen molar-refractivity contribution in [3.63, 3.8) is 0 Å². The Morgan fingerprint density at radius 2 is 2.05 bits per heavy atom. The van der Waals surface area contributed by atoms with Crippen molar-refractivity contribution in [3.8, 4) is 0 Å². The van der Waals surface area contributed by atoms with Gasteiger partial charge in [0.15, 0.2) is 5.65 Å². The van der Waals surface area contributed by atoms with Gasteiger partial charge in [0.1, 0.15) is 12.1 Å². The standard InChI is InChI=1S/C15H19N5O/c1-15(2,3)14(21)19-10-7-20(8-10)13-11-5-4-6-16-12(11)17-9-18-13/h4-6,9-10H,7-8H2,1-3H3,(H,19,21). The summed E-state index contributed by atoms with van der Waals surface area (Å²) in [4.78, 5) is 26.8. The predicted octanol–water partition coefficient (Wildman–Crippen LogP) is 1.38. The van der Waals surface area contributed by atoms with Crippen molar-refractivity contribution in [1.29, 1.82) is 0 Å². The Hall–Kier alpha value is -2.24. The molecule has 6 heteroatoms. The molecule has 0 spiro atoms. The molecule has 1 N–H and O–H groups in total. The summed E-state index contributed by atoms with van der Waals surface area (Å²) >= 11 is 0. The fourth-order valence-corrected chi connectivity index (χ4v) is 2.28. The molecule has 21 heavy (non-hydrogen) atoms. The molecule has 0 aromatic carbocycles. The van der Waals surface area contributed by atoms with E-state index in [4.69, 9.17) is 0 Å². The molecule has 0 bridgehead atoms. The lowest BCUT2D eigenvalue weighted by molar-refractivity contribution is -0.129. The fourth-order valence-electron chi connectivity index (χ4n) is 2.28. The Morgan fingerprint density at radius 1 is 1.29 bits per heavy atom. The fraction of sp³-hybridized carbons (Fsp3) is 0.467. The van der Waals surface area contributed by atoms with E-state index in [1.807, 2.05) is 32.9 Å². The number of pyridine rings is 1. The highest BCUT2D eigenvalue weighted by Gasteiger charge is 2.32. The summed E-state index contributed by atoms with van der Waals surface area (Å²) in [5.74, 6) is 0.968. The molecule has 0 atom stereocenters. The molecular formula is C15H19N5O. The number of rotatable bonds is 2. The summed E-state index contributed by atoms with van der Waals surface area (Å²) in [6, 6.07) is 4.03. The van der Waals surface area contributed by atoms with Crippen LogP contribution in [0.3, 0.4) is 0 Å². The largest absolute Gasteiger partial charge is 0.352 e. The Morgan fingerprint density at radius 3 is 2.76 bits per heavy atom. The van der Waals surface area contributed by atoms with Gasteiger partial charge < -0.3 is 10.2 Å². The van der Waals surface area contributed by atoms with E-state index in [-0.39, 0.29) is 17.4 Å². The minimum atomic E-state index is -0.355. The normalized spacial score (nSPS) is 15.9. The van der Waals surface area contributed by atoms with Crippen molar-refractivity contribution < 1.29 is 4.79 Å². The maximum Gasteiger partial charge on any atom is 0.225 e. The zero-order valence-corrected chi connectivity index (χ0v) is 12.5. The molecule has 6 nitrogen and oxygen atoms in total. The molecule has 0 unspecified atom stereocenters. The van der Waals surface area contributed by atoms with Gasteiger partial charge in [0.05, 0.1) is 11.4 Å². The molecule has 110 valence electrons. The van der Waals surface area contributed by atoms with Crippen LogP contribution in [0.4, 0.5) is 5.82 Å². The third-order valence-corrected chi connectivity index (χ3v) is 3.59. The van der Waals surface area contributed by atoms with Gasteiger partial charge in [0, 0.05) is 24.7 Å². The number of aromatic nitrogens is 3. The minimum absolute atomic E-state index is 0.0846. The summed E-state index contributed by atoms with van der Waals surface area (Å²) in [5.41, 5.74) is 0.344. The summed E-state index contributed by atoms with van der Waals surface area (Å²) in [6.45, 7) is 7.29. The van der Waals surface area contributed by atoms with Crippen molar-refractivity contribution in [3.05, 3.63) is 24.7 Å². The molecule has 2 aromatic rings. The van der Waals surface area contributed by atoms with Gasteiger partial charge in [-0.3, -0.25) is 4.79 Å². The lowest BCUT2D eigenvalue weighted by Gasteiger charge is -2.41. The zero-order chi connectivity index (χ0) is 15.0. The van der Waals surface area contributed by atoms with Crippen LogP contribution in [0.2, 0.25) is 0 Å². The molecular weight excluding hydrogens is 266 g/mol. The van der Waals surface area contributed by atoms with Crippen molar-refractivity contribution in [2.24, 2.45) is 5.41 Å². The quantitative estimate of drug-likeness (QED) is 0.902. The van der Waals surface area contributed by atoms with Crippen molar-refractivity contribution in [2.45, 2.75) is 26.8 Å². The van der Waals surface area contributed by atoms with E-state index in [1.54, 1.807) is 6.20 Å². The second kappa shape index (κ2) is 4.95. The molecule has 3 rings (SSSR count). The topological polar surface area (TPSA) is 71.0 Å². The van der Waals surface area contributed by atoms with Crippen LogP contribution in [0.5, 0.6) is 0 Å². The molecule has 1 aliphatic rings. The Kier molecular flexibility index (Phi) is 3.23. The van der Waals surface area contributed by atoms with E-state index in [0.29, 0.717) is 5.65 Å². The third kappa shape index (κ3) is 2.66. The van der Waals surface area contributed by atoms with Crippen LogP contribution in [0, 0.1) is 5.41 Å². The summed E-state index contributed by atoms with van der Waals surface area (Å²) in [6.07, 6.45) is 3.26.